The largest absolute Gasteiger partial charge is 0.457 e. The van der Waals surface area contributed by atoms with E-state index in [0.29, 0.717) is 32.0 Å². The van der Waals surface area contributed by atoms with Gasteiger partial charge in [0.05, 0.1) is 10.5 Å². The number of ether oxygens (including phenoxy) is 1. The predicted octanol–water partition coefficient (Wildman–Crippen LogP) is 4.88. The molecule has 9 heteroatoms. The normalized spacial score (nSPS) is 14.5. The summed E-state index contributed by atoms with van der Waals surface area (Å²) in [6.07, 6.45) is 1.65. The van der Waals surface area contributed by atoms with E-state index >= 15 is 0 Å². The Morgan fingerprint density at radius 2 is 1.79 bits per heavy atom. The Hall–Kier alpha value is -3.69. The number of nitrogens with zero attached hydrogens (tertiary/aromatic N) is 1. The van der Waals surface area contributed by atoms with Gasteiger partial charge < -0.3 is 14.5 Å². The molecule has 0 spiro atoms. The maximum Gasteiger partial charge on any atom is 0.338 e. The second-order valence-corrected chi connectivity index (χ2v) is 9.19. The minimum Gasteiger partial charge on any atom is -0.457 e. The number of likely N-dealkylation sites (N-methyl/N-ethyl adjacent to an activating group) is 1. The van der Waals surface area contributed by atoms with Crippen molar-refractivity contribution in [2.75, 3.05) is 19.0 Å². The third kappa shape index (κ3) is 5.44. The summed E-state index contributed by atoms with van der Waals surface area (Å²) in [6.45, 7) is 1.56. The van der Waals surface area contributed by atoms with Crippen molar-refractivity contribution in [1.82, 2.24) is 4.90 Å². The first-order valence-corrected chi connectivity index (χ1v) is 11.5. The second kappa shape index (κ2) is 10.1. The lowest BCUT2D eigenvalue weighted by Crippen LogP contribution is -2.22. The van der Waals surface area contributed by atoms with Crippen LogP contribution in [-0.2, 0) is 14.3 Å². The van der Waals surface area contributed by atoms with E-state index in [1.54, 1.807) is 61.7 Å². The molecule has 172 valence electrons. The van der Waals surface area contributed by atoms with E-state index in [-0.39, 0.29) is 12.5 Å². The zero-order chi connectivity index (χ0) is 24.2. The number of thiocarbonyl (C=S) groups is 1. The summed E-state index contributed by atoms with van der Waals surface area (Å²) in [7, 11) is 1.63. The lowest BCUT2D eigenvalue weighted by atomic mass is 10.1. The van der Waals surface area contributed by atoms with Crippen LogP contribution in [0.3, 0.4) is 0 Å². The van der Waals surface area contributed by atoms with E-state index in [9.17, 15) is 14.4 Å². The standard InChI is InChI=1S/C25H20N2O5S2/c1-15-3-9-18(10-4-15)26-22(28)14-31-24(30)17-7-5-16(6-8-17)20-12-11-19(32-20)13-21-23(29)27(2)25(33)34-21/h3-13H,14H2,1-2H3,(H,26,28)/b21-13+. The van der Waals surface area contributed by atoms with Gasteiger partial charge in [-0.25, -0.2) is 4.79 Å². The minimum atomic E-state index is -0.604. The Morgan fingerprint density at radius 1 is 1.09 bits per heavy atom. The number of thioether (sulfide) groups is 1. The Balaban J connectivity index is 1.34. The van der Waals surface area contributed by atoms with Gasteiger partial charge in [0.1, 0.15) is 15.8 Å². The van der Waals surface area contributed by atoms with Crippen molar-refractivity contribution in [3.63, 3.8) is 0 Å². The number of aryl methyl sites for hydroxylation is 1. The van der Waals surface area contributed by atoms with Gasteiger partial charge in [-0.2, -0.15) is 0 Å². The van der Waals surface area contributed by atoms with Gasteiger partial charge in [0, 0.05) is 24.4 Å². The molecule has 2 aromatic carbocycles. The van der Waals surface area contributed by atoms with Gasteiger partial charge in [0.2, 0.25) is 0 Å². The number of nitrogens with one attached hydrogen (secondary N) is 1. The maximum absolute atomic E-state index is 12.3. The highest BCUT2D eigenvalue weighted by molar-refractivity contribution is 8.26. The molecule has 1 saturated heterocycles. The molecule has 0 atom stereocenters. The van der Waals surface area contributed by atoms with Crippen molar-refractivity contribution in [2.24, 2.45) is 0 Å². The first-order chi connectivity index (χ1) is 16.3. The topological polar surface area (TPSA) is 88.9 Å². The minimum absolute atomic E-state index is 0.164. The van der Waals surface area contributed by atoms with Crippen LogP contribution in [0.5, 0.6) is 0 Å². The van der Waals surface area contributed by atoms with Crippen LogP contribution in [0.2, 0.25) is 0 Å². The Labute approximate surface area is 205 Å². The van der Waals surface area contributed by atoms with E-state index in [1.165, 1.54) is 16.7 Å². The van der Waals surface area contributed by atoms with E-state index in [4.69, 9.17) is 21.4 Å². The van der Waals surface area contributed by atoms with Crippen LogP contribution in [0.25, 0.3) is 17.4 Å². The van der Waals surface area contributed by atoms with Crippen molar-refractivity contribution in [3.8, 4) is 11.3 Å². The third-order valence-corrected chi connectivity index (χ3v) is 6.45. The Kier molecular flexibility index (Phi) is 6.95. The van der Waals surface area contributed by atoms with Gasteiger partial charge in [-0.05, 0) is 43.3 Å². The zero-order valence-electron chi connectivity index (χ0n) is 18.4. The van der Waals surface area contributed by atoms with E-state index in [0.717, 1.165) is 11.1 Å². The van der Waals surface area contributed by atoms with E-state index in [2.05, 4.69) is 5.32 Å². The molecule has 2 amide bonds. The molecular weight excluding hydrogens is 472 g/mol. The molecule has 3 aromatic rings. The molecule has 1 aromatic heterocycles. The van der Waals surface area contributed by atoms with Crippen molar-refractivity contribution in [2.45, 2.75) is 6.92 Å². The quantitative estimate of drug-likeness (QED) is 0.298. The fraction of sp³-hybridized carbons (Fsp3) is 0.120. The van der Waals surface area contributed by atoms with Crippen LogP contribution in [-0.4, -0.2) is 40.7 Å². The number of rotatable bonds is 6. The van der Waals surface area contributed by atoms with Crippen molar-refractivity contribution < 1.29 is 23.5 Å². The summed E-state index contributed by atoms with van der Waals surface area (Å²) < 4.78 is 11.4. The van der Waals surface area contributed by atoms with Crippen LogP contribution < -0.4 is 5.32 Å². The summed E-state index contributed by atoms with van der Waals surface area (Å²) in [5.41, 5.74) is 2.77. The molecule has 34 heavy (non-hydrogen) atoms. The molecule has 4 rings (SSSR count). The molecule has 0 radical (unpaired) electrons. The van der Waals surface area contributed by atoms with Crippen LogP contribution >= 0.6 is 24.0 Å². The van der Waals surface area contributed by atoms with Gasteiger partial charge >= 0.3 is 5.97 Å². The fourth-order valence-corrected chi connectivity index (χ4v) is 4.24. The fourth-order valence-electron chi connectivity index (χ4n) is 3.08. The third-order valence-electron chi connectivity index (χ3n) is 4.96. The maximum atomic E-state index is 12.3. The number of hydrogen-bond acceptors (Lipinski definition) is 7. The molecule has 0 aliphatic carbocycles. The average molecular weight is 493 g/mol. The SMILES string of the molecule is Cc1ccc(NC(=O)COC(=O)c2ccc(-c3ccc(/C=C4/SC(=S)N(C)C4=O)o3)cc2)cc1. The van der Waals surface area contributed by atoms with E-state index < -0.39 is 11.9 Å². The molecular formula is C25H20N2O5S2. The molecule has 7 nitrogen and oxygen atoms in total. The molecule has 0 unspecified atom stereocenters. The highest BCUT2D eigenvalue weighted by Crippen LogP contribution is 2.32. The first kappa shape index (κ1) is 23.5. The molecule has 2 heterocycles. The predicted molar refractivity (Wildman–Crippen MR) is 135 cm³/mol. The van der Waals surface area contributed by atoms with Gasteiger partial charge in [0.15, 0.2) is 6.61 Å². The van der Waals surface area contributed by atoms with Crippen molar-refractivity contribution in [3.05, 3.63) is 82.5 Å². The number of furan rings is 1. The second-order valence-electron chi connectivity index (χ2n) is 7.51. The molecule has 0 saturated carbocycles. The zero-order valence-corrected chi connectivity index (χ0v) is 20.0. The van der Waals surface area contributed by atoms with Gasteiger partial charge in [-0.15, -0.1) is 0 Å². The average Bonchev–Trinajstić information content (AvgIpc) is 3.39. The number of esters is 1. The summed E-state index contributed by atoms with van der Waals surface area (Å²) in [6, 6.07) is 17.5. The lowest BCUT2D eigenvalue weighted by molar-refractivity contribution is -0.121. The molecule has 0 bridgehead atoms. The molecule has 1 fully saturated rings. The molecule has 1 N–H and O–H groups in total. The van der Waals surface area contributed by atoms with Crippen LogP contribution in [0.15, 0.2) is 70.0 Å². The highest BCUT2D eigenvalue weighted by atomic mass is 32.2. The Bertz CT molecular complexity index is 1290. The number of benzene rings is 2. The summed E-state index contributed by atoms with van der Waals surface area (Å²) in [5, 5.41) is 2.68. The number of carbonyl (C=O) groups is 3. The summed E-state index contributed by atoms with van der Waals surface area (Å²) >= 11 is 6.35. The molecule has 1 aliphatic heterocycles. The molecule has 1 aliphatic rings. The first-order valence-electron chi connectivity index (χ1n) is 10.3. The van der Waals surface area contributed by atoms with Crippen LogP contribution in [0.1, 0.15) is 21.7 Å². The van der Waals surface area contributed by atoms with Crippen LogP contribution in [0, 0.1) is 6.92 Å². The van der Waals surface area contributed by atoms with Gasteiger partial charge in [-0.3, -0.25) is 14.5 Å². The van der Waals surface area contributed by atoms with Crippen molar-refractivity contribution >= 4 is 57.8 Å². The van der Waals surface area contributed by atoms with Gasteiger partial charge in [-0.1, -0.05) is 53.8 Å². The number of hydrogen-bond donors (Lipinski definition) is 1. The van der Waals surface area contributed by atoms with Crippen molar-refractivity contribution in [1.29, 1.82) is 0 Å². The van der Waals surface area contributed by atoms with Crippen LogP contribution in [0.4, 0.5) is 5.69 Å². The summed E-state index contributed by atoms with van der Waals surface area (Å²) in [4.78, 5) is 38.4. The van der Waals surface area contributed by atoms with Gasteiger partial charge in [0.25, 0.3) is 11.8 Å². The number of anilines is 1. The van der Waals surface area contributed by atoms with E-state index in [1.807, 2.05) is 19.1 Å². The highest BCUT2D eigenvalue weighted by Gasteiger charge is 2.29. The Morgan fingerprint density at radius 3 is 2.44 bits per heavy atom. The summed E-state index contributed by atoms with van der Waals surface area (Å²) in [5.74, 6) is -0.0877. The monoisotopic (exact) mass is 492 g/mol. The lowest BCUT2D eigenvalue weighted by Gasteiger charge is -2.07. The smallest absolute Gasteiger partial charge is 0.338 e. The number of amides is 2. The number of carbonyl (C=O) groups excluding carboxylic acids is 3.